The number of unbranched alkanes of at least 4 members (excludes halogenated alkanes) is 20. The summed E-state index contributed by atoms with van der Waals surface area (Å²) in [7, 11) is 4.54. The topological polar surface area (TPSA) is 9.86 Å². The van der Waals surface area contributed by atoms with Crippen molar-refractivity contribution >= 4 is 54.1 Å². The molecule has 0 N–H and O–H groups in total. The van der Waals surface area contributed by atoms with Crippen LogP contribution >= 0.6 is 0 Å². The summed E-state index contributed by atoms with van der Waals surface area (Å²) in [6, 6.07) is 24.2. The fourth-order valence-corrected chi connectivity index (χ4v) is 9.07. The van der Waals surface area contributed by atoms with Gasteiger partial charge < -0.3 is 9.13 Å². The Labute approximate surface area is 316 Å². The number of hydrogen-bond donors (Lipinski definition) is 0. The fraction of sp³-hybridized carbons (Fsp3) is 0.560. The van der Waals surface area contributed by atoms with Crippen molar-refractivity contribution in [3.63, 3.8) is 0 Å². The maximum atomic E-state index is 2.47. The van der Waals surface area contributed by atoms with Gasteiger partial charge in [-0.25, -0.2) is 0 Å². The Morgan fingerprint density at radius 3 is 1.00 bits per heavy atom. The normalized spacial score (nSPS) is 12.2. The molecule has 4 aromatic carbocycles. The summed E-state index contributed by atoms with van der Waals surface area (Å²) in [4.78, 5) is 0. The molecule has 0 saturated carbocycles. The number of aryl methyl sites for hydroxylation is 4. The van der Waals surface area contributed by atoms with Crippen LogP contribution in [-0.2, 0) is 26.9 Å². The zero-order chi connectivity index (χ0) is 36.1. The van der Waals surface area contributed by atoms with Crippen LogP contribution in [0.2, 0.25) is 0 Å². The van der Waals surface area contributed by atoms with E-state index < -0.39 is 0 Å². The molecular weight excluding hydrogens is 629 g/mol. The minimum atomic E-state index is 1.18. The minimum Gasteiger partial charge on any atom is -0.348 e. The van der Waals surface area contributed by atoms with Crippen LogP contribution in [0.5, 0.6) is 0 Å². The van der Waals surface area contributed by atoms with Crippen molar-refractivity contribution in [2.45, 2.75) is 168 Å². The van der Waals surface area contributed by atoms with Crippen LogP contribution in [0.1, 0.15) is 166 Å². The Hall–Kier alpha value is -3.26. The zero-order valence-corrected chi connectivity index (χ0v) is 33.6. The fourth-order valence-electron chi connectivity index (χ4n) is 9.07. The molecule has 2 heteroatoms. The Morgan fingerprint density at radius 1 is 0.327 bits per heavy atom. The van der Waals surface area contributed by atoms with E-state index in [1.165, 1.54) is 220 Å². The molecule has 0 unspecified atom stereocenters. The quantitative estimate of drug-likeness (QED) is 0.0440. The summed E-state index contributed by atoms with van der Waals surface area (Å²) in [6.45, 7) is 4.61. The molecule has 0 radical (unpaired) electrons. The Bertz CT molecular complexity index is 1860. The van der Waals surface area contributed by atoms with Gasteiger partial charge in [0.15, 0.2) is 0 Å². The van der Waals surface area contributed by atoms with Gasteiger partial charge in [0.2, 0.25) is 0 Å². The third-order valence-corrected chi connectivity index (χ3v) is 12.4. The third kappa shape index (κ3) is 9.64. The smallest absolute Gasteiger partial charge is 0.0486 e. The van der Waals surface area contributed by atoms with Crippen molar-refractivity contribution in [1.82, 2.24) is 9.13 Å². The Kier molecular flexibility index (Phi) is 14.6. The lowest BCUT2D eigenvalue weighted by Gasteiger charge is -2.10. The van der Waals surface area contributed by atoms with E-state index in [9.17, 15) is 0 Å². The van der Waals surface area contributed by atoms with Crippen molar-refractivity contribution < 1.29 is 0 Å². The van der Waals surface area contributed by atoms with Gasteiger partial charge in [0.25, 0.3) is 0 Å². The first-order valence-electron chi connectivity index (χ1n) is 21.9. The maximum Gasteiger partial charge on any atom is 0.0486 e. The van der Waals surface area contributed by atoms with Gasteiger partial charge in [-0.3, -0.25) is 0 Å². The second kappa shape index (κ2) is 19.7. The SMILES string of the molecule is CCCCCCCCCCCCCc1cc2cc3c(ccc4c5cc6cc(CCCCCCCCCCCCC)n(C)c6cc5ccc34)cc2n1C. The van der Waals surface area contributed by atoms with Crippen LogP contribution in [0.15, 0.2) is 60.7 Å². The van der Waals surface area contributed by atoms with Crippen LogP contribution in [0.25, 0.3) is 54.1 Å². The van der Waals surface area contributed by atoms with Gasteiger partial charge in [0.1, 0.15) is 0 Å². The summed E-state index contributed by atoms with van der Waals surface area (Å²) in [6.07, 6.45) is 33.1. The standard InChI is InChI=1S/C50H70N2/c1-5-7-9-11-13-15-17-19-21-23-25-27-43-33-41-35-47-39(37-49(41)51(43)3)29-31-46-45(47)32-30-40-38-50-42(36-48(40)46)34-44(52(50)4)28-26-24-22-20-18-16-14-12-10-8-6-2/h29-38H,5-28H2,1-4H3. The van der Waals surface area contributed by atoms with E-state index in [1.54, 1.807) is 0 Å². The minimum absolute atomic E-state index is 1.18. The molecule has 0 bridgehead atoms. The van der Waals surface area contributed by atoms with E-state index in [4.69, 9.17) is 0 Å². The first kappa shape index (κ1) is 38.5. The molecule has 0 fully saturated rings. The molecule has 0 aliphatic carbocycles. The highest BCUT2D eigenvalue weighted by Gasteiger charge is 2.13. The van der Waals surface area contributed by atoms with Gasteiger partial charge in [-0.1, -0.05) is 167 Å². The third-order valence-electron chi connectivity index (χ3n) is 12.4. The Balaban J connectivity index is 1.07. The summed E-state index contributed by atoms with van der Waals surface area (Å²) in [5.74, 6) is 0. The van der Waals surface area contributed by atoms with Crippen LogP contribution < -0.4 is 0 Å². The molecular formula is C50H70N2. The number of benzene rings is 4. The number of nitrogens with zero attached hydrogens (tertiary/aromatic N) is 2. The predicted octanol–water partition coefficient (Wildman–Crippen LogP) is 15.8. The van der Waals surface area contributed by atoms with E-state index >= 15 is 0 Å². The number of fused-ring (bicyclic) bond motifs is 7. The van der Waals surface area contributed by atoms with Gasteiger partial charge >= 0.3 is 0 Å². The molecule has 0 atom stereocenters. The highest BCUT2D eigenvalue weighted by Crippen LogP contribution is 2.36. The lowest BCUT2D eigenvalue weighted by Crippen LogP contribution is -1.96. The molecule has 0 aliphatic rings. The molecule has 52 heavy (non-hydrogen) atoms. The molecule has 6 aromatic rings. The molecule has 2 heterocycles. The summed E-state index contributed by atoms with van der Waals surface area (Å²) < 4.78 is 4.91. The molecule has 0 spiro atoms. The number of rotatable bonds is 24. The number of aromatic nitrogens is 2. The van der Waals surface area contributed by atoms with Crippen molar-refractivity contribution in [2.24, 2.45) is 14.1 Å². The van der Waals surface area contributed by atoms with Crippen molar-refractivity contribution in [2.75, 3.05) is 0 Å². The Morgan fingerprint density at radius 2 is 0.654 bits per heavy atom. The van der Waals surface area contributed by atoms with Crippen LogP contribution in [0.4, 0.5) is 0 Å². The van der Waals surface area contributed by atoms with Gasteiger partial charge in [0.05, 0.1) is 0 Å². The van der Waals surface area contributed by atoms with E-state index in [1.807, 2.05) is 0 Å². The molecule has 0 amide bonds. The van der Waals surface area contributed by atoms with Gasteiger partial charge in [0, 0.05) is 47.3 Å². The largest absolute Gasteiger partial charge is 0.348 e. The molecule has 2 nitrogen and oxygen atoms in total. The molecule has 280 valence electrons. The average Bonchev–Trinajstić information content (AvgIpc) is 3.64. The number of hydrogen-bond acceptors (Lipinski definition) is 0. The monoisotopic (exact) mass is 699 g/mol. The molecule has 0 saturated heterocycles. The van der Waals surface area contributed by atoms with Crippen molar-refractivity contribution in [1.29, 1.82) is 0 Å². The molecule has 0 aliphatic heterocycles. The maximum absolute atomic E-state index is 2.47. The van der Waals surface area contributed by atoms with Crippen molar-refractivity contribution in [3.8, 4) is 0 Å². The van der Waals surface area contributed by atoms with E-state index in [0.717, 1.165) is 0 Å². The summed E-state index contributed by atoms with van der Waals surface area (Å²) >= 11 is 0. The van der Waals surface area contributed by atoms with Crippen LogP contribution in [-0.4, -0.2) is 9.13 Å². The highest BCUT2D eigenvalue weighted by atomic mass is 14.9. The lowest BCUT2D eigenvalue weighted by atomic mass is 9.95. The van der Waals surface area contributed by atoms with E-state index in [2.05, 4.69) is 97.7 Å². The molecule has 6 rings (SSSR count). The first-order chi connectivity index (χ1) is 25.6. The summed E-state index contributed by atoms with van der Waals surface area (Å²) in [5, 5.41) is 11.0. The zero-order valence-electron chi connectivity index (χ0n) is 33.6. The van der Waals surface area contributed by atoms with Crippen molar-refractivity contribution in [3.05, 3.63) is 72.1 Å². The van der Waals surface area contributed by atoms with Crippen LogP contribution in [0, 0.1) is 0 Å². The second-order valence-corrected chi connectivity index (χ2v) is 16.5. The second-order valence-electron chi connectivity index (χ2n) is 16.5. The highest BCUT2D eigenvalue weighted by molar-refractivity contribution is 6.20. The predicted molar refractivity (Wildman–Crippen MR) is 232 cm³/mol. The van der Waals surface area contributed by atoms with E-state index in [0.29, 0.717) is 0 Å². The lowest BCUT2D eigenvalue weighted by molar-refractivity contribution is 0.548. The summed E-state index contributed by atoms with van der Waals surface area (Å²) in [5.41, 5.74) is 5.68. The average molecular weight is 699 g/mol. The molecule has 2 aromatic heterocycles. The van der Waals surface area contributed by atoms with Crippen LogP contribution in [0.3, 0.4) is 0 Å². The van der Waals surface area contributed by atoms with Gasteiger partial charge in [-0.05, 0) is 94.4 Å². The van der Waals surface area contributed by atoms with Gasteiger partial charge in [-0.2, -0.15) is 0 Å². The van der Waals surface area contributed by atoms with Gasteiger partial charge in [-0.15, -0.1) is 0 Å². The van der Waals surface area contributed by atoms with E-state index in [-0.39, 0.29) is 0 Å². The first-order valence-corrected chi connectivity index (χ1v) is 21.9.